The average molecular weight is 300 g/mol. The van der Waals surface area contributed by atoms with Crippen LogP contribution in [0.5, 0.6) is 0 Å². The number of hydrogen-bond donors (Lipinski definition) is 3. The van der Waals surface area contributed by atoms with Crippen molar-refractivity contribution >= 4 is 17.8 Å². The molecule has 0 aromatic rings. The lowest BCUT2D eigenvalue weighted by Gasteiger charge is -2.18. The van der Waals surface area contributed by atoms with Crippen molar-refractivity contribution in [1.82, 2.24) is 10.6 Å². The molecule has 0 fully saturated rings. The highest BCUT2D eigenvalue weighted by molar-refractivity contribution is 5.83. The number of carboxylic acid groups (broad SMARTS) is 1. The molecule has 3 N–H and O–H groups in total. The lowest BCUT2D eigenvalue weighted by molar-refractivity contribution is -0.142. The number of carbonyl (C=O) groups is 3. The molecule has 0 aromatic heterocycles. The molecule has 0 spiro atoms. The van der Waals surface area contributed by atoms with Crippen LogP contribution in [0.15, 0.2) is 0 Å². The molecule has 21 heavy (non-hydrogen) atoms. The molecule has 0 saturated carbocycles. The van der Waals surface area contributed by atoms with Gasteiger partial charge < -0.3 is 15.7 Å². The first-order valence-electron chi connectivity index (χ1n) is 7.34. The molecule has 0 saturated heterocycles. The molecule has 6 nitrogen and oxygen atoms in total. The third-order valence-electron chi connectivity index (χ3n) is 2.89. The van der Waals surface area contributed by atoms with Gasteiger partial charge in [-0.25, -0.2) is 4.79 Å². The summed E-state index contributed by atoms with van der Waals surface area (Å²) in [5, 5.41) is 14.3. The second-order valence-corrected chi connectivity index (χ2v) is 6.70. The molecular formula is C15H28N2O4. The van der Waals surface area contributed by atoms with Crippen LogP contribution in [0.1, 0.15) is 53.9 Å². The Bertz CT molecular complexity index is 372. The molecule has 1 unspecified atom stereocenters. The zero-order valence-corrected chi connectivity index (χ0v) is 13.7. The molecule has 0 bridgehead atoms. The van der Waals surface area contributed by atoms with Crippen molar-refractivity contribution in [2.45, 2.75) is 59.9 Å². The van der Waals surface area contributed by atoms with Gasteiger partial charge in [-0.3, -0.25) is 9.59 Å². The second kappa shape index (κ2) is 8.64. The van der Waals surface area contributed by atoms with Crippen LogP contribution >= 0.6 is 0 Å². The maximum atomic E-state index is 11.7. The van der Waals surface area contributed by atoms with Crippen LogP contribution in [0.4, 0.5) is 0 Å². The molecule has 0 aliphatic carbocycles. The van der Waals surface area contributed by atoms with E-state index in [1.54, 1.807) is 0 Å². The van der Waals surface area contributed by atoms with E-state index in [4.69, 9.17) is 5.11 Å². The summed E-state index contributed by atoms with van der Waals surface area (Å²) in [6.45, 7) is 9.68. The van der Waals surface area contributed by atoms with Gasteiger partial charge >= 0.3 is 5.97 Å². The van der Waals surface area contributed by atoms with Crippen LogP contribution in [0.2, 0.25) is 0 Å². The van der Waals surface area contributed by atoms with E-state index in [1.807, 2.05) is 34.6 Å². The van der Waals surface area contributed by atoms with Crippen LogP contribution in [0, 0.1) is 11.3 Å². The first-order valence-corrected chi connectivity index (χ1v) is 7.34. The first kappa shape index (κ1) is 19.4. The van der Waals surface area contributed by atoms with Crippen molar-refractivity contribution in [2.75, 3.05) is 6.54 Å². The van der Waals surface area contributed by atoms with E-state index in [-0.39, 0.29) is 24.2 Å². The minimum absolute atomic E-state index is 0.0638. The van der Waals surface area contributed by atoms with E-state index >= 15 is 0 Å². The number of rotatable bonds is 8. The van der Waals surface area contributed by atoms with Crippen molar-refractivity contribution in [1.29, 1.82) is 0 Å². The van der Waals surface area contributed by atoms with Gasteiger partial charge in [0.1, 0.15) is 6.04 Å². The normalized spacial score (nSPS) is 12.9. The van der Waals surface area contributed by atoms with Gasteiger partial charge in [0.15, 0.2) is 0 Å². The Morgan fingerprint density at radius 3 is 2.14 bits per heavy atom. The van der Waals surface area contributed by atoms with Crippen LogP contribution in [-0.2, 0) is 14.4 Å². The monoisotopic (exact) mass is 300 g/mol. The smallest absolute Gasteiger partial charge is 0.326 e. The molecule has 0 radical (unpaired) electrons. The summed E-state index contributed by atoms with van der Waals surface area (Å²) in [6, 6.07) is -0.846. The Kier molecular flexibility index (Phi) is 7.99. The van der Waals surface area contributed by atoms with Gasteiger partial charge in [0.05, 0.1) is 0 Å². The van der Waals surface area contributed by atoms with E-state index in [1.165, 1.54) is 0 Å². The quantitative estimate of drug-likeness (QED) is 0.593. The Balaban J connectivity index is 4.04. The molecule has 1 atom stereocenters. The zero-order chi connectivity index (χ0) is 16.6. The maximum absolute atomic E-state index is 11.7. The third kappa shape index (κ3) is 9.05. The summed E-state index contributed by atoms with van der Waals surface area (Å²) in [5.41, 5.74) is -0.450. The van der Waals surface area contributed by atoms with E-state index in [9.17, 15) is 14.4 Å². The largest absolute Gasteiger partial charge is 0.480 e. The fourth-order valence-electron chi connectivity index (χ4n) is 1.68. The van der Waals surface area contributed by atoms with Gasteiger partial charge in [0, 0.05) is 18.4 Å². The van der Waals surface area contributed by atoms with Crippen molar-refractivity contribution < 1.29 is 19.5 Å². The van der Waals surface area contributed by atoms with E-state index in [0.717, 1.165) is 0 Å². The van der Waals surface area contributed by atoms with E-state index in [2.05, 4.69) is 10.6 Å². The lowest BCUT2D eigenvalue weighted by atomic mass is 9.96. The molecule has 2 amide bonds. The van der Waals surface area contributed by atoms with Crippen molar-refractivity contribution in [3.8, 4) is 0 Å². The van der Waals surface area contributed by atoms with E-state index < -0.39 is 17.4 Å². The van der Waals surface area contributed by atoms with Crippen LogP contribution < -0.4 is 10.6 Å². The van der Waals surface area contributed by atoms with Crippen LogP contribution in [0.25, 0.3) is 0 Å². The Morgan fingerprint density at radius 2 is 1.71 bits per heavy atom. The van der Waals surface area contributed by atoms with Gasteiger partial charge in [-0.1, -0.05) is 34.6 Å². The Hall–Kier alpha value is -1.59. The number of aliphatic carboxylic acids is 1. The molecule has 0 aromatic carbocycles. The summed E-state index contributed by atoms with van der Waals surface area (Å²) < 4.78 is 0. The number of hydrogen-bond acceptors (Lipinski definition) is 3. The maximum Gasteiger partial charge on any atom is 0.326 e. The molecule has 0 heterocycles. The Labute approximate surface area is 126 Å². The summed E-state index contributed by atoms with van der Waals surface area (Å²) >= 11 is 0. The molecule has 0 aliphatic rings. The van der Waals surface area contributed by atoms with Crippen LogP contribution in [0.3, 0.4) is 0 Å². The fourth-order valence-corrected chi connectivity index (χ4v) is 1.68. The third-order valence-corrected chi connectivity index (χ3v) is 2.89. The highest BCUT2D eigenvalue weighted by Crippen LogP contribution is 2.12. The van der Waals surface area contributed by atoms with E-state index in [0.29, 0.717) is 19.4 Å². The standard InChI is InChI=1S/C15H28N2O4/c1-10(2)9-11(13(19)20)17-12(18)7-6-8-16-14(21)15(3,4)5/h10-11H,6-9H2,1-5H3,(H,16,21)(H,17,18)(H,19,20). The van der Waals surface area contributed by atoms with Crippen molar-refractivity contribution in [2.24, 2.45) is 11.3 Å². The first-order chi connectivity index (χ1) is 9.54. The number of carboxylic acids is 1. The summed E-state index contributed by atoms with van der Waals surface area (Å²) in [6.07, 6.45) is 1.09. The van der Waals surface area contributed by atoms with Gasteiger partial charge in [-0.15, -0.1) is 0 Å². The van der Waals surface area contributed by atoms with Gasteiger partial charge in [-0.05, 0) is 18.8 Å². The minimum atomic E-state index is -1.02. The predicted octanol–water partition coefficient (Wildman–Crippen LogP) is 1.54. The Morgan fingerprint density at radius 1 is 1.14 bits per heavy atom. The summed E-state index contributed by atoms with van der Waals surface area (Å²) in [4.78, 5) is 34.3. The average Bonchev–Trinajstić information content (AvgIpc) is 2.31. The molecule has 0 aliphatic heterocycles. The number of nitrogens with one attached hydrogen (secondary N) is 2. The minimum Gasteiger partial charge on any atom is -0.480 e. The fraction of sp³-hybridized carbons (Fsp3) is 0.800. The van der Waals surface area contributed by atoms with Crippen molar-refractivity contribution in [3.63, 3.8) is 0 Å². The number of amides is 2. The predicted molar refractivity (Wildman–Crippen MR) is 80.7 cm³/mol. The number of carbonyl (C=O) groups excluding carboxylic acids is 2. The van der Waals surface area contributed by atoms with Gasteiger partial charge in [0.25, 0.3) is 0 Å². The molecule has 122 valence electrons. The van der Waals surface area contributed by atoms with Crippen LogP contribution in [-0.4, -0.2) is 35.5 Å². The SMILES string of the molecule is CC(C)CC(NC(=O)CCCNC(=O)C(C)(C)C)C(=O)O. The van der Waals surface area contributed by atoms with Gasteiger partial charge in [0.2, 0.25) is 11.8 Å². The summed E-state index contributed by atoms with van der Waals surface area (Å²) in [5.74, 6) is -1.19. The molecule has 0 rings (SSSR count). The molecular weight excluding hydrogens is 272 g/mol. The highest BCUT2D eigenvalue weighted by atomic mass is 16.4. The second-order valence-electron chi connectivity index (χ2n) is 6.70. The molecule has 6 heteroatoms. The van der Waals surface area contributed by atoms with Gasteiger partial charge in [-0.2, -0.15) is 0 Å². The highest BCUT2D eigenvalue weighted by Gasteiger charge is 2.22. The topological polar surface area (TPSA) is 95.5 Å². The summed E-state index contributed by atoms with van der Waals surface area (Å²) in [7, 11) is 0. The zero-order valence-electron chi connectivity index (χ0n) is 13.7. The van der Waals surface area contributed by atoms with Crippen molar-refractivity contribution in [3.05, 3.63) is 0 Å². The lowest BCUT2D eigenvalue weighted by Crippen LogP contribution is -2.42.